The predicted octanol–water partition coefficient (Wildman–Crippen LogP) is 1.75. The first-order chi connectivity index (χ1) is 8.79. The van der Waals surface area contributed by atoms with Crippen molar-refractivity contribution in [1.82, 2.24) is 4.90 Å². The Morgan fingerprint density at radius 2 is 2.11 bits per heavy atom. The standard InChI is InChI=1S/C14H16N2O2/c15-8-7-12-3-5-13(6-4-12)18-11-10-16-9-1-2-14(16)17/h3-6H,1-2,7,9-11H2. The number of ether oxygens (including phenoxy) is 1. The molecule has 1 fully saturated rings. The van der Waals surface area contributed by atoms with E-state index in [9.17, 15) is 4.79 Å². The number of hydrogen-bond acceptors (Lipinski definition) is 3. The summed E-state index contributed by atoms with van der Waals surface area (Å²) >= 11 is 0. The van der Waals surface area contributed by atoms with Crippen LogP contribution in [0.5, 0.6) is 5.75 Å². The number of benzene rings is 1. The van der Waals surface area contributed by atoms with Gasteiger partial charge in [-0.3, -0.25) is 4.79 Å². The Bertz CT molecular complexity index is 448. The number of amides is 1. The van der Waals surface area contributed by atoms with Crippen LogP contribution < -0.4 is 4.74 Å². The maximum Gasteiger partial charge on any atom is 0.222 e. The fourth-order valence-corrected chi connectivity index (χ4v) is 2.01. The van der Waals surface area contributed by atoms with Crippen LogP contribution in [0.15, 0.2) is 24.3 Å². The van der Waals surface area contributed by atoms with Crippen LogP contribution in [0.4, 0.5) is 0 Å². The highest BCUT2D eigenvalue weighted by molar-refractivity contribution is 5.78. The third kappa shape index (κ3) is 3.24. The van der Waals surface area contributed by atoms with E-state index >= 15 is 0 Å². The summed E-state index contributed by atoms with van der Waals surface area (Å²) in [5, 5.41) is 8.56. The maximum absolute atomic E-state index is 11.4. The third-order valence-corrected chi connectivity index (χ3v) is 3.01. The van der Waals surface area contributed by atoms with Gasteiger partial charge in [0.15, 0.2) is 0 Å². The molecule has 2 rings (SSSR count). The van der Waals surface area contributed by atoms with Crippen LogP contribution in [0.1, 0.15) is 18.4 Å². The zero-order valence-corrected chi connectivity index (χ0v) is 10.3. The summed E-state index contributed by atoms with van der Waals surface area (Å²) in [6.07, 6.45) is 2.05. The van der Waals surface area contributed by atoms with Crippen molar-refractivity contribution >= 4 is 5.91 Å². The Hall–Kier alpha value is -2.02. The highest BCUT2D eigenvalue weighted by Crippen LogP contribution is 2.13. The van der Waals surface area contributed by atoms with E-state index in [-0.39, 0.29) is 5.91 Å². The predicted molar refractivity (Wildman–Crippen MR) is 67.1 cm³/mol. The van der Waals surface area contributed by atoms with Gasteiger partial charge in [0.1, 0.15) is 12.4 Å². The molecule has 0 bridgehead atoms. The second-order valence-corrected chi connectivity index (χ2v) is 4.31. The summed E-state index contributed by atoms with van der Waals surface area (Å²) in [5.74, 6) is 1.01. The molecule has 1 aliphatic rings. The van der Waals surface area contributed by atoms with E-state index < -0.39 is 0 Å². The minimum atomic E-state index is 0.225. The molecule has 1 heterocycles. The molecule has 0 aromatic heterocycles. The van der Waals surface area contributed by atoms with Crippen LogP contribution in [0.2, 0.25) is 0 Å². The zero-order valence-electron chi connectivity index (χ0n) is 10.3. The average Bonchev–Trinajstić information content (AvgIpc) is 2.78. The maximum atomic E-state index is 11.4. The van der Waals surface area contributed by atoms with Gasteiger partial charge in [0, 0.05) is 13.0 Å². The highest BCUT2D eigenvalue weighted by Gasteiger charge is 2.19. The van der Waals surface area contributed by atoms with E-state index in [0.29, 0.717) is 26.0 Å². The normalized spacial score (nSPS) is 14.6. The summed E-state index contributed by atoms with van der Waals surface area (Å²) in [5.41, 5.74) is 0.986. The SMILES string of the molecule is N#CCc1ccc(OCCN2CCCC2=O)cc1. The van der Waals surface area contributed by atoms with Gasteiger partial charge in [-0.25, -0.2) is 0 Å². The lowest BCUT2D eigenvalue weighted by Gasteiger charge is -2.15. The molecule has 0 atom stereocenters. The lowest BCUT2D eigenvalue weighted by molar-refractivity contribution is -0.128. The molecule has 1 saturated heterocycles. The lowest BCUT2D eigenvalue weighted by atomic mass is 10.2. The van der Waals surface area contributed by atoms with E-state index in [0.717, 1.165) is 24.3 Å². The summed E-state index contributed by atoms with van der Waals surface area (Å²) < 4.78 is 5.57. The molecule has 1 aromatic rings. The van der Waals surface area contributed by atoms with Crippen molar-refractivity contribution in [3.8, 4) is 11.8 Å². The second-order valence-electron chi connectivity index (χ2n) is 4.31. The van der Waals surface area contributed by atoms with Gasteiger partial charge in [0.2, 0.25) is 5.91 Å². The summed E-state index contributed by atoms with van der Waals surface area (Å²) in [7, 11) is 0. The quantitative estimate of drug-likeness (QED) is 0.793. The summed E-state index contributed by atoms with van der Waals surface area (Å²) in [4.78, 5) is 13.2. The number of likely N-dealkylation sites (tertiary alicyclic amines) is 1. The van der Waals surface area contributed by atoms with Crippen molar-refractivity contribution in [2.75, 3.05) is 19.7 Å². The molecule has 0 radical (unpaired) electrons. The Labute approximate surface area is 107 Å². The smallest absolute Gasteiger partial charge is 0.222 e. The molecular weight excluding hydrogens is 228 g/mol. The number of nitriles is 1. The molecule has 0 N–H and O–H groups in total. The zero-order chi connectivity index (χ0) is 12.8. The average molecular weight is 244 g/mol. The van der Waals surface area contributed by atoms with Crippen LogP contribution in [0, 0.1) is 11.3 Å². The molecule has 18 heavy (non-hydrogen) atoms. The van der Waals surface area contributed by atoms with Crippen molar-refractivity contribution in [3.05, 3.63) is 29.8 Å². The number of rotatable bonds is 5. The van der Waals surface area contributed by atoms with Crippen LogP contribution in [-0.2, 0) is 11.2 Å². The summed E-state index contributed by atoms with van der Waals surface area (Å²) in [6.45, 7) is 2.02. The van der Waals surface area contributed by atoms with Gasteiger partial charge in [-0.2, -0.15) is 5.26 Å². The van der Waals surface area contributed by atoms with Gasteiger partial charge >= 0.3 is 0 Å². The first kappa shape index (κ1) is 12.4. The summed E-state index contributed by atoms with van der Waals surface area (Å²) in [6, 6.07) is 9.60. The van der Waals surface area contributed by atoms with Gasteiger partial charge in [0.25, 0.3) is 0 Å². The first-order valence-corrected chi connectivity index (χ1v) is 6.16. The molecule has 1 aliphatic heterocycles. The largest absolute Gasteiger partial charge is 0.492 e. The number of carbonyl (C=O) groups is 1. The molecular formula is C14H16N2O2. The number of carbonyl (C=O) groups excluding carboxylic acids is 1. The Morgan fingerprint density at radius 1 is 1.33 bits per heavy atom. The monoisotopic (exact) mass is 244 g/mol. The Balaban J connectivity index is 1.76. The van der Waals surface area contributed by atoms with Gasteiger partial charge in [-0.1, -0.05) is 12.1 Å². The molecule has 4 heteroatoms. The van der Waals surface area contributed by atoms with Crippen molar-refractivity contribution in [2.24, 2.45) is 0 Å². The Kier molecular flexibility index (Phi) is 4.19. The van der Waals surface area contributed by atoms with E-state index in [1.807, 2.05) is 29.2 Å². The van der Waals surface area contributed by atoms with Crippen LogP contribution >= 0.6 is 0 Å². The molecule has 4 nitrogen and oxygen atoms in total. The molecule has 94 valence electrons. The van der Waals surface area contributed by atoms with E-state index in [1.54, 1.807) is 0 Å². The Morgan fingerprint density at radius 3 is 2.72 bits per heavy atom. The number of nitrogens with zero attached hydrogens (tertiary/aromatic N) is 2. The van der Waals surface area contributed by atoms with Crippen LogP contribution in [0.3, 0.4) is 0 Å². The molecule has 0 saturated carbocycles. The molecule has 1 aromatic carbocycles. The fourth-order valence-electron chi connectivity index (χ4n) is 2.01. The topological polar surface area (TPSA) is 53.3 Å². The number of hydrogen-bond donors (Lipinski definition) is 0. The lowest BCUT2D eigenvalue weighted by Crippen LogP contribution is -2.29. The van der Waals surface area contributed by atoms with E-state index in [2.05, 4.69) is 6.07 Å². The van der Waals surface area contributed by atoms with Crippen molar-refractivity contribution in [2.45, 2.75) is 19.3 Å². The van der Waals surface area contributed by atoms with E-state index in [1.165, 1.54) is 0 Å². The molecule has 1 amide bonds. The minimum Gasteiger partial charge on any atom is -0.492 e. The van der Waals surface area contributed by atoms with Crippen molar-refractivity contribution in [1.29, 1.82) is 5.26 Å². The molecule has 0 unspecified atom stereocenters. The first-order valence-electron chi connectivity index (χ1n) is 6.16. The molecule has 0 aliphatic carbocycles. The fraction of sp³-hybridized carbons (Fsp3) is 0.429. The van der Waals surface area contributed by atoms with Crippen molar-refractivity contribution < 1.29 is 9.53 Å². The van der Waals surface area contributed by atoms with Crippen LogP contribution in [0.25, 0.3) is 0 Å². The second kappa shape index (κ2) is 6.06. The van der Waals surface area contributed by atoms with Crippen LogP contribution in [-0.4, -0.2) is 30.5 Å². The van der Waals surface area contributed by atoms with Gasteiger partial charge < -0.3 is 9.64 Å². The highest BCUT2D eigenvalue weighted by atomic mass is 16.5. The van der Waals surface area contributed by atoms with Gasteiger partial charge in [0.05, 0.1) is 19.0 Å². The van der Waals surface area contributed by atoms with Gasteiger partial charge in [-0.15, -0.1) is 0 Å². The van der Waals surface area contributed by atoms with Crippen molar-refractivity contribution in [3.63, 3.8) is 0 Å². The minimum absolute atomic E-state index is 0.225. The van der Waals surface area contributed by atoms with E-state index in [4.69, 9.17) is 10.00 Å². The third-order valence-electron chi connectivity index (χ3n) is 3.01. The van der Waals surface area contributed by atoms with Gasteiger partial charge in [-0.05, 0) is 24.1 Å². The molecule has 0 spiro atoms.